The summed E-state index contributed by atoms with van der Waals surface area (Å²) in [6, 6.07) is 7.05. The molecular formula is C26H34ClN3O4. The molecular weight excluding hydrogens is 454 g/mol. The molecule has 1 atom stereocenters. The van der Waals surface area contributed by atoms with Gasteiger partial charge in [-0.15, -0.1) is 0 Å². The molecule has 2 aliphatic heterocycles. The Balaban J connectivity index is 1.50. The summed E-state index contributed by atoms with van der Waals surface area (Å²) in [5.74, 6) is -0.160. The minimum Gasteiger partial charge on any atom is -0.383 e. The van der Waals surface area contributed by atoms with Crippen LogP contribution in [0, 0.1) is 5.92 Å². The highest BCUT2D eigenvalue weighted by molar-refractivity contribution is 6.31. The van der Waals surface area contributed by atoms with E-state index >= 15 is 0 Å². The fourth-order valence-electron chi connectivity index (χ4n) is 5.51. The number of halogens is 1. The molecule has 184 valence electrons. The molecule has 1 aliphatic carbocycles. The first kappa shape index (κ1) is 24.7. The van der Waals surface area contributed by atoms with E-state index < -0.39 is 11.6 Å². The van der Waals surface area contributed by atoms with Crippen molar-refractivity contribution < 1.29 is 19.1 Å². The quantitative estimate of drug-likeness (QED) is 0.445. The van der Waals surface area contributed by atoms with Crippen LogP contribution in [-0.2, 0) is 20.7 Å². The zero-order valence-corrected chi connectivity index (χ0v) is 20.6. The van der Waals surface area contributed by atoms with Gasteiger partial charge in [0, 0.05) is 38.1 Å². The summed E-state index contributed by atoms with van der Waals surface area (Å²) >= 11 is 6.45. The van der Waals surface area contributed by atoms with Crippen LogP contribution >= 0.6 is 11.6 Å². The molecule has 1 aromatic rings. The van der Waals surface area contributed by atoms with Crippen molar-refractivity contribution in [1.29, 1.82) is 0 Å². The van der Waals surface area contributed by atoms with Crippen molar-refractivity contribution in [1.82, 2.24) is 15.1 Å². The Morgan fingerprint density at radius 3 is 2.65 bits per heavy atom. The number of methoxy groups -OCH3 is 1. The van der Waals surface area contributed by atoms with Crippen LogP contribution in [0.5, 0.6) is 0 Å². The fraction of sp³-hybridized carbons (Fsp3) is 0.577. The van der Waals surface area contributed by atoms with E-state index in [-0.39, 0.29) is 30.9 Å². The van der Waals surface area contributed by atoms with Gasteiger partial charge in [-0.25, -0.2) is 4.79 Å². The number of carbonyl (C=O) groups excluding carboxylic acids is 3. The van der Waals surface area contributed by atoms with Gasteiger partial charge in [-0.2, -0.15) is 0 Å². The van der Waals surface area contributed by atoms with E-state index in [1.165, 1.54) is 16.9 Å². The second-order valence-corrected chi connectivity index (χ2v) is 9.97. The van der Waals surface area contributed by atoms with E-state index in [0.29, 0.717) is 43.8 Å². The zero-order valence-electron chi connectivity index (χ0n) is 19.9. The van der Waals surface area contributed by atoms with Crippen LogP contribution in [0.2, 0.25) is 5.02 Å². The number of ether oxygens (including phenoxy) is 1. The van der Waals surface area contributed by atoms with Gasteiger partial charge < -0.3 is 15.0 Å². The molecule has 8 heteroatoms. The predicted molar refractivity (Wildman–Crippen MR) is 130 cm³/mol. The fourth-order valence-corrected chi connectivity index (χ4v) is 5.71. The van der Waals surface area contributed by atoms with Crippen molar-refractivity contribution in [3.63, 3.8) is 0 Å². The molecule has 0 spiro atoms. The number of urea groups is 1. The first-order valence-corrected chi connectivity index (χ1v) is 12.6. The van der Waals surface area contributed by atoms with E-state index in [4.69, 9.17) is 16.3 Å². The van der Waals surface area contributed by atoms with Crippen molar-refractivity contribution in [2.24, 2.45) is 5.92 Å². The number of imide groups is 1. The average molecular weight is 488 g/mol. The molecule has 3 aliphatic rings. The summed E-state index contributed by atoms with van der Waals surface area (Å²) in [4.78, 5) is 42.6. The number of amides is 4. The number of nitrogens with zero attached hydrogens (tertiary/aromatic N) is 2. The lowest BCUT2D eigenvalue weighted by Gasteiger charge is -2.41. The van der Waals surface area contributed by atoms with Gasteiger partial charge in [0.25, 0.3) is 5.91 Å². The van der Waals surface area contributed by atoms with Crippen molar-refractivity contribution >= 4 is 29.4 Å². The van der Waals surface area contributed by atoms with Crippen LogP contribution in [0.1, 0.15) is 50.5 Å². The highest BCUT2D eigenvalue weighted by Gasteiger charge is 2.56. The number of piperidine rings is 1. The van der Waals surface area contributed by atoms with Gasteiger partial charge in [0.05, 0.1) is 13.2 Å². The van der Waals surface area contributed by atoms with Crippen LogP contribution in [0.15, 0.2) is 35.9 Å². The third-order valence-electron chi connectivity index (χ3n) is 7.46. The smallest absolute Gasteiger partial charge is 0.325 e. The molecule has 2 fully saturated rings. The van der Waals surface area contributed by atoms with Gasteiger partial charge in [0.15, 0.2) is 0 Å². The molecule has 0 unspecified atom stereocenters. The number of nitrogens with one attached hydrogen (secondary N) is 1. The van der Waals surface area contributed by atoms with E-state index in [9.17, 15) is 14.4 Å². The van der Waals surface area contributed by atoms with Crippen LogP contribution in [0.3, 0.4) is 0 Å². The second-order valence-electron chi connectivity index (χ2n) is 9.56. The summed E-state index contributed by atoms with van der Waals surface area (Å²) in [6.45, 7) is 1.66. The number of carbonyl (C=O) groups is 3. The maximum absolute atomic E-state index is 13.7. The Hall–Kier alpha value is -2.38. The third kappa shape index (κ3) is 5.15. The number of allylic oxidation sites excluding steroid dienone is 1. The molecule has 0 bridgehead atoms. The molecule has 4 amide bonds. The van der Waals surface area contributed by atoms with E-state index in [2.05, 4.69) is 11.4 Å². The molecule has 0 radical (unpaired) electrons. The Morgan fingerprint density at radius 1 is 1.21 bits per heavy atom. The van der Waals surface area contributed by atoms with E-state index in [1.807, 2.05) is 23.1 Å². The van der Waals surface area contributed by atoms with Crippen molar-refractivity contribution in [3.8, 4) is 0 Å². The maximum Gasteiger partial charge on any atom is 0.325 e. The number of hydrogen-bond donors (Lipinski definition) is 1. The van der Waals surface area contributed by atoms with Gasteiger partial charge in [-0.1, -0.05) is 41.4 Å². The highest BCUT2D eigenvalue weighted by Crippen LogP contribution is 2.38. The molecule has 34 heavy (non-hydrogen) atoms. The van der Waals surface area contributed by atoms with E-state index in [1.54, 1.807) is 13.2 Å². The average Bonchev–Trinajstić information content (AvgIpc) is 3.09. The van der Waals surface area contributed by atoms with Crippen molar-refractivity contribution in [2.45, 2.75) is 56.9 Å². The number of benzene rings is 1. The summed E-state index contributed by atoms with van der Waals surface area (Å²) in [7, 11) is 1.55. The van der Waals surface area contributed by atoms with Gasteiger partial charge >= 0.3 is 6.03 Å². The minimum atomic E-state index is -1.07. The number of hydrogen-bond acceptors (Lipinski definition) is 4. The Morgan fingerprint density at radius 2 is 1.97 bits per heavy atom. The first-order valence-electron chi connectivity index (χ1n) is 12.3. The van der Waals surface area contributed by atoms with Crippen LogP contribution < -0.4 is 5.32 Å². The number of rotatable bonds is 8. The molecule has 7 nitrogen and oxygen atoms in total. The maximum atomic E-state index is 13.7. The van der Waals surface area contributed by atoms with Crippen molar-refractivity contribution in [3.05, 3.63) is 46.5 Å². The third-order valence-corrected chi connectivity index (χ3v) is 7.82. The lowest BCUT2D eigenvalue weighted by Crippen LogP contribution is -2.58. The topological polar surface area (TPSA) is 79.0 Å². The van der Waals surface area contributed by atoms with Gasteiger partial charge in [-0.05, 0) is 56.1 Å². The Kier molecular flexibility index (Phi) is 7.94. The molecule has 0 saturated carbocycles. The summed E-state index contributed by atoms with van der Waals surface area (Å²) in [5.41, 5.74) is 1.01. The normalized spacial score (nSPS) is 23.8. The summed E-state index contributed by atoms with van der Waals surface area (Å²) in [5, 5.41) is 3.62. The van der Waals surface area contributed by atoms with Crippen molar-refractivity contribution in [2.75, 3.05) is 33.4 Å². The monoisotopic (exact) mass is 487 g/mol. The van der Waals surface area contributed by atoms with E-state index in [0.717, 1.165) is 24.8 Å². The zero-order chi connectivity index (χ0) is 24.1. The minimum absolute atomic E-state index is 0.0919. The molecule has 4 rings (SSSR count). The Labute approximate surface area is 206 Å². The van der Waals surface area contributed by atoms with Gasteiger partial charge in [0.1, 0.15) is 5.54 Å². The second kappa shape index (κ2) is 10.9. The summed E-state index contributed by atoms with van der Waals surface area (Å²) < 4.78 is 5.11. The summed E-state index contributed by atoms with van der Waals surface area (Å²) in [6.07, 6.45) is 8.79. The predicted octanol–water partition coefficient (Wildman–Crippen LogP) is 3.95. The molecule has 1 N–H and O–H groups in total. The van der Waals surface area contributed by atoms with Gasteiger partial charge in [0.2, 0.25) is 5.91 Å². The highest BCUT2D eigenvalue weighted by atomic mass is 35.5. The largest absolute Gasteiger partial charge is 0.383 e. The van der Waals surface area contributed by atoms with Crippen LogP contribution in [0.4, 0.5) is 4.79 Å². The Bertz CT molecular complexity index is 957. The van der Waals surface area contributed by atoms with Crippen LogP contribution in [0.25, 0.3) is 0 Å². The van der Waals surface area contributed by atoms with Crippen LogP contribution in [-0.4, -0.2) is 66.5 Å². The SMILES string of the molecule is COCCN1C(=O)N[C@@](Cc2ccccc2Cl)(C2CCN(C(=O)CC3=CCCCC3)CC2)C1=O. The lowest BCUT2D eigenvalue weighted by atomic mass is 9.73. The van der Waals surface area contributed by atoms with Gasteiger partial charge in [-0.3, -0.25) is 14.5 Å². The molecule has 1 aromatic carbocycles. The standard InChI is InChI=1S/C26H34ClN3O4/c1-34-16-15-30-24(32)26(28-25(30)33,18-20-9-5-6-10-22(20)27)21-11-13-29(14-12-21)23(31)17-19-7-3-2-4-8-19/h5-7,9-10,21H,2-4,8,11-18H2,1H3,(H,28,33)/t26-/m0/s1. The molecule has 0 aromatic heterocycles. The molecule has 2 saturated heterocycles. The molecule has 2 heterocycles. The lowest BCUT2D eigenvalue weighted by molar-refractivity contribution is -0.136. The first-order chi connectivity index (χ1) is 16.4. The number of likely N-dealkylation sites (tertiary alicyclic amines) is 1.